The van der Waals surface area contributed by atoms with Gasteiger partial charge in [-0.15, -0.1) is 0 Å². The summed E-state index contributed by atoms with van der Waals surface area (Å²) in [5.74, 6) is 0.195. The van der Waals surface area contributed by atoms with Crippen LogP contribution in [0.2, 0.25) is 0 Å². The molecule has 3 nitrogen and oxygen atoms in total. The van der Waals surface area contributed by atoms with Gasteiger partial charge in [-0.25, -0.2) is 0 Å². The summed E-state index contributed by atoms with van der Waals surface area (Å²) in [5, 5.41) is 19.8. The van der Waals surface area contributed by atoms with Crippen LogP contribution in [0.4, 0.5) is 0 Å². The van der Waals surface area contributed by atoms with Gasteiger partial charge in [-0.05, 0) is 24.6 Å². The Labute approximate surface area is 89.3 Å². The molecule has 1 aliphatic rings. The quantitative estimate of drug-likeness (QED) is 0.739. The van der Waals surface area contributed by atoms with E-state index in [1.165, 1.54) is 0 Å². The van der Waals surface area contributed by atoms with Gasteiger partial charge < -0.3 is 14.9 Å². The summed E-state index contributed by atoms with van der Waals surface area (Å²) >= 11 is 0. The molecular weight excluding hydrogens is 192 g/mol. The molecule has 1 aromatic carbocycles. The lowest BCUT2D eigenvalue weighted by atomic mass is 9.84. The van der Waals surface area contributed by atoms with Crippen molar-refractivity contribution in [2.24, 2.45) is 0 Å². The SMILES string of the molecule is CC1CC(O)(c2cccc(O)c2)CCO1. The summed E-state index contributed by atoms with van der Waals surface area (Å²) in [4.78, 5) is 0. The Morgan fingerprint density at radius 2 is 2.27 bits per heavy atom. The fourth-order valence-electron chi connectivity index (χ4n) is 2.12. The minimum absolute atomic E-state index is 0.0612. The van der Waals surface area contributed by atoms with Gasteiger partial charge in [0, 0.05) is 12.8 Å². The Morgan fingerprint density at radius 1 is 1.47 bits per heavy atom. The van der Waals surface area contributed by atoms with Crippen molar-refractivity contribution < 1.29 is 14.9 Å². The standard InChI is InChI=1S/C12H16O3/c1-9-8-12(14,5-6-15-9)10-3-2-4-11(13)7-10/h2-4,7,9,13-14H,5-6,8H2,1H3. The van der Waals surface area contributed by atoms with Crippen LogP contribution in [0, 0.1) is 0 Å². The second-order valence-electron chi connectivity index (χ2n) is 4.22. The smallest absolute Gasteiger partial charge is 0.115 e. The largest absolute Gasteiger partial charge is 0.508 e. The number of ether oxygens (including phenoxy) is 1. The van der Waals surface area contributed by atoms with Crippen molar-refractivity contribution >= 4 is 0 Å². The van der Waals surface area contributed by atoms with Crippen LogP contribution in [0.15, 0.2) is 24.3 Å². The van der Waals surface area contributed by atoms with Crippen LogP contribution >= 0.6 is 0 Å². The Kier molecular flexibility index (Phi) is 2.67. The highest BCUT2D eigenvalue weighted by atomic mass is 16.5. The molecule has 0 saturated carbocycles. The molecule has 1 saturated heterocycles. The zero-order valence-electron chi connectivity index (χ0n) is 8.81. The molecule has 3 heteroatoms. The second-order valence-corrected chi connectivity index (χ2v) is 4.22. The third-order valence-electron chi connectivity index (χ3n) is 2.93. The van der Waals surface area contributed by atoms with Gasteiger partial charge >= 0.3 is 0 Å². The van der Waals surface area contributed by atoms with Gasteiger partial charge in [0.25, 0.3) is 0 Å². The Bertz CT molecular complexity index is 350. The maximum atomic E-state index is 10.4. The van der Waals surface area contributed by atoms with E-state index in [1.54, 1.807) is 18.2 Å². The van der Waals surface area contributed by atoms with E-state index in [0.29, 0.717) is 19.4 Å². The monoisotopic (exact) mass is 208 g/mol. The van der Waals surface area contributed by atoms with Gasteiger partial charge in [-0.3, -0.25) is 0 Å². The van der Waals surface area contributed by atoms with Crippen LogP contribution in [0.1, 0.15) is 25.3 Å². The molecule has 1 heterocycles. The highest BCUT2D eigenvalue weighted by molar-refractivity contribution is 5.31. The number of phenolic OH excluding ortho intramolecular Hbond substituents is 1. The van der Waals surface area contributed by atoms with Crippen molar-refractivity contribution in [3.8, 4) is 5.75 Å². The number of rotatable bonds is 1. The Morgan fingerprint density at radius 3 is 2.93 bits per heavy atom. The summed E-state index contributed by atoms with van der Waals surface area (Å²) in [6, 6.07) is 6.83. The average Bonchev–Trinajstić information content (AvgIpc) is 2.17. The molecule has 0 aliphatic carbocycles. The van der Waals surface area contributed by atoms with Gasteiger partial charge in [0.05, 0.1) is 18.3 Å². The molecular formula is C12H16O3. The number of aliphatic hydroxyl groups is 1. The number of hydrogen-bond acceptors (Lipinski definition) is 3. The van der Waals surface area contributed by atoms with Crippen molar-refractivity contribution in [2.75, 3.05) is 6.61 Å². The molecule has 2 rings (SSSR count). The number of benzene rings is 1. The molecule has 0 spiro atoms. The van der Waals surface area contributed by atoms with E-state index in [4.69, 9.17) is 4.74 Å². The van der Waals surface area contributed by atoms with E-state index >= 15 is 0 Å². The van der Waals surface area contributed by atoms with E-state index in [1.807, 2.05) is 13.0 Å². The zero-order valence-corrected chi connectivity index (χ0v) is 8.81. The van der Waals surface area contributed by atoms with E-state index in [9.17, 15) is 10.2 Å². The van der Waals surface area contributed by atoms with Crippen LogP contribution in [0.3, 0.4) is 0 Å². The molecule has 1 aromatic rings. The van der Waals surface area contributed by atoms with Gasteiger partial charge in [0.1, 0.15) is 5.75 Å². The lowest BCUT2D eigenvalue weighted by molar-refractivity contribution is -0.101. The van der Waals surface area contributed by atoms with Crippen LogP contribution in [-0.2, 0) is 10.3 Å². The number of aromatic hydroxyl groups is 1. The summed E-state index contributed by atoms with van der Waals surface area (Å²) in [5.41, 5.74) is -0.0752. The summed E-state index contributed by atoms with van der Waals surface area (Å²) in [7, 11) is 0. The van der Waals surface area contributed by atoms with Crippen molar-refractivity contribution in [1.29, 1.82) is 0 Å². The van der Waals surface area contributed by atoms with Crippen LogP contribution in [-0.4, -0.2) is 22.9 Å². The molecule has 0 amide bonds. The summed E-state index contributed by atoms with van der Waals surface area (Å²) in [6.45, 7) is 2.51. The van der Waals surface area contributed by atoms with Crippen LogP contribution in [0.25, 0.3) is 0 Å². The lowest BCUT2D eigenvalue weighted by Crippen LogP contribution is -2.37. The molecule has 2 N–H and O–H groups in total. The molecule has 0 bridgehead atoms. The third-order valence-corrected chi connectivity index (χ3v) is 2.93. The molecule has 15 heavy (non-hydrogen) atoms. The zero-order chi connectivity index (χ0) is 10.9. The first kappa shape index (κ1) is 10.5. The second kappa shape index (κ2) is 3.83. The normalized spacial score (nSPS) is 31.5. The molecule has 1 fully saturated rings. The fourth-order valence-corrected chi connectivity index (χ4v) is 2.12. The minimum atomic E-state index is -0.851. The van der Waals surface area contributed by atoms with Crippen molar-refractivity contribution in [3.05, 3.63) is 29.8 Å². The van der Waals surface area contributed by atoms with Gasteiger partial charge in [0.15, 0.2) is 0 Å². The molecule has 0 aromatic heterocycles. The van der Waals surface area contributed by atoms with E-state index < -0.39 is 5.60 Å². The maximum Gasteiger partial charge on any atom is 0.115 e. The highest BCUT2D eigenvalue weighted by Crippen LogP contribution is 2.35. The van der Waals surface area contributed by atoms with Gasteiger partial charge in [0.2, 0.25) is 0 Å². The van der Waals surface area contributed by atoms with Gasteiger partial charge in [-0.1, -0.05) is 12.1 Å². The Hall–Kier alpha value is -1.06. The molecule has 2 atom stereocenters. The predicted octanol–water partition coefficient (Wildman–Crippen LogP) is 1.78. The molecule has 1 aliphatic heterocycles. The molecule has 0 radical (unpaired) electrons. The van der Waals surface area contributed by atoms with Crippen LogP contribution in [0.5, 0.6) is 5.75 Å². The molecule has 82 valence electrons. The molecule has 2 unspecified atom stereocenters. The van der Waals surface area contributed by atoms with E-state index in [2.05, 4.69) is 0 Å². The first-order valence-electron chi connectivity index (χ1n) is 5.24. The van der Waals surface area contributed by atoms with E-state index in [0.717, 1.165) is 5.56 Å². The van der Waals surface area contributed by atoms with Crippen molar-refractivity contribution in [2.45, 2.75) is 31.5 Å². The summed E-state index contributed by atoms with van der Waals surface area (Å²) < 4.78 is 5.40. The first-order chi connectivity index (χ1) is 7.10. The highest BCUT2D eigenvalue weighted by Gasteiger charge is 2.35. The Balaban J connectivity index is 2.28. The summed E-state index contributed by atoms with van der Waals surface area (Å²) in [6.07, 6.45) is 1.23. The lowest BCUT2D eigenvalue weighted by Gasteiger charge is -2.36. The minimum Gasteiger partial charge on any atom is -0.508 e. The van der Waals surface area contributed by atoms with Crippen LogP contribution < -0.4 is 0 Å². The van der Waals surface area contributed by atoms with Crippen molar-refractivity contribution in [1.82, 2.24) is 0 Å². The fraction of sp³-hybridized carbons (Fsp3) is 0.500. The maximum absolute atomic E-state index is 10.4. The number of phenols is 1. The van der Waals surface area contributed by atoms with Gasteiger partial charge in [-0.2, -0.15) is 0 Å². The third kappa shape index (κ3) is 2.13. The first-order valence-corrected chi connectivity index (χ1v) is 5.24. The van der Waals surface area contributed by atoms with E-state index in [-0.39, 0.29) is 11.9 Å². The van der Waals surface area contributed by atoms with Crippen molar-refractivity contribution in [3.63, 3.8) is 0 Å². The predicted molar refractivity (Wildman–Crippen MR) is 56.7 cm³/mol. The topological polar surface area (TPSA) is 49.7 Å². The average molecular weight is 208 g/mol. The number of hydrogen-bond donors (Lipinski definition) is 2.